The predicted molar refractivity (Wildman–Crippen MR) is 80.0 cm³/mol. The summed E-state index contributed by atoms with van der Waals surface area (Å²) in [6, 6.07) is 2.07. The van der Waals surface area contributed by atoms with E-state index in [0.29, 0.717) is 5.88 Å². The highest BCUT2D eigenvalue weighted by molar-refractivity contribution is 6.16. The Morgan fingerprint density at radius 3 is 2.85 bits per heavy atom. The van der Waals surface area contributed by atoms with Crippen molar-refractivity contribution >= 4 is 22.8 Å². The van der Waals surface area contributed by atoms with Gasteiger partial charge in [-0.05, 0) is 36.8 Å². The smallest absolute Gasteiger partial charge is 0.160 e. The SMILES string of the molecule is Cc1cnc2c(c1)nc(CCl)n2CC1(C)CCOCC1. The minimum Gasteiger partial charge on any atom is -0.381 e. The van der Waals surface area contributed by atoms with E-state index in [2.05, 4.69) is 27.5 Å². The first-order valence-corrected chi connectivity index (χ1v) is 7.60. The average molecular weight is 294 g/mol. The third kappa shape index (κ3) is 2.54. The lowest BCUT2D eigenvalue weighted by Crippen LogP contribution is -2.31. The van der Waals surface area contributed by atoms with Crippen molar-refractivity contribution in [2.45, 2.75) is 39.1 Å². The number of hydrogen-bond donors (Lipinski definition) is 0. The number of fused-ring (bicyclic) bond motifs is 1. The van der Waals surface area contributed by atoms with Gasteiger partial charge in [-0.15, -0.1) is 11.6 Å². The van der Waals surface area contributed by atoms with Crippen LogP contribution in [0.2, 0.25) is 0 Å². The largest absolute Gasteiger partial charge is 0.381 e. The van der Waals surface area contributed by atoms with Crippen LogP contribution in [0.25, 0.3) is 11.2 Å². The molecule has 0 aliphatic carbocycles. The van der Waals surface area contributed by atoms with E-state index in [1.807, 2.05) is 13.1 Å². The molecule has 0 unspecified atom stereocenters. The Morgan fingerprint density at radius 2 is 2.15 bits per heavy atom. The van der Waals surface area contributed by atoms with Crippen molar-refractivity contribution in [3.8, 4) is 0 Å². The molecule has 0 N–H and O–H groups in total. The van der Waals surface area contributed by atoms with E-state index in [0.717, 1.165) is 55.2 Å². The molecule has 1 fully saturated rings. The van der Waals surface area contributed by atoms with Crippen LogP contribution in [0.15, 0.2) is 12.3 Å². The van der Waals surface area contributed by atoms with Gasteiger partial charge in [0.1, 0.15) is 11.3 Å². The molecule has 108 valence electrons. The molecule has 2 aromatic rings. The topological polar surface area (TPSA) is 39.9 Å². The van der Waals surface area contributed by atoms with E-state index in [1.54, 1.807) is 0 Å². The van der Waals surface area contributed by atoms with Crippen LogP contribution in [0, 0.1) is 12.3 Å². The van der Waals surface area contributed by atoms with Crippen molar-refractivity contribution in [3.05, 3.63) is 23.7 Å². The molecular weight excluding hydrogens is 274 g/mol. The van der Waals surface area contributed by atoms with Crippen LogP contribution in [-0.2, 0) is 17.2 Å². The summed E-state index contributed by atoms with van der Waals surface area (Å²) in [5.74, 6) is 1.33. The first-order chi connectivity index (χ1) is 9.61. The first kappa shape index (κ1) is 13.8. The summed E-state index contributed by atoms with van der Waals surface area (Å²) in [6.45, 7) is 6.93. The van der Waals surface area contributed by atoms with E-state index in [9.17, 15) is 0 Å². The molecule has 0 aromatic carbocycles. The first-order valence-electron chi connectivity index (χ1n) is 7.07. The standard InChI is InChI=1S/C15H20ClN3O/c1-11-7-12-14(17-9-11)19(13(8-16)18-12)10-15(2)3-5-20-6-4-15/h7,9H,3-6,8,10H2,1-2H3. The average Bonchev–Trinajstić information content (AvgIpc) is 2.76. The zero-order chi connectivity index (χ0) is 14.2. The number of rotatable bonds is 3. The molecule has 0 radical (unpaired) electrons. The monoisotopic (exact) mass is 293 g/mol. The molecule has 0 atom stereocenters. The van der Waals surface area contributed by atoms with Crippen molar-refractivity contribution < 1.29 is 4.74 Å². The molecule has 4 nitrogen and oxygen atoms in total. The molecule has 3 heterocycles. The van der Waals surface area contributed by atoms with Crippen molar-refractivity contribution in [3.63, 3.8) is 0 Å². The maximum absolute atomic E-state index is 6.07. The van der Waals surface area contributed by atoms with E-state index in [4.69, 9.17) is 16.3 Å². The summed E-state index contributed by atoms with van der Waals surface area (Å²) in [6.07, 6.45) is 4.03. The molecule has 1 aliphatic heterocycles. The Kier molecular flexibility index (Phi) is 3.69. The lowest BCUT2D eigenvalue weighted by molar-refractivity contribution is 0.0157. The van der Waals surface area contributed by atoms with Gasteiger partial charge in [-0.25, -0.2) is 9.97 Å². The summed E-state index contributed by atoms with van der Waals surface area (Å²) in [4.78, 5) is 9.18. The second-order valence-corrected chi connectivity index (χ2v) is 6.29. The summed E-state index contributed by atoms with van der Waals surface area (Å²) < 4.78 is 7.66. The second kappa shape index (κ2) is 5.34. The minimum atomic E-state index is 0.235. The van der Waals surface area contributed by atoms with Gasteiger partial charge < -0.3 is 9.30 Å². The molecule has 2 aromatic heterocycles. The third-order valence-electron chi connectivity index (χ3n) is 4.16. The Bertz CT molecular complexity index is 617. The molecule has 20 heavy (non-hydrogen) atoms. The molecule has 0 saturated carbocycles. The van der Waals surface area contributed by atoms with Crippen molar-refractivity contribution in [2.75, 3.05) is 13.2 Å². The maximum atomic E-state index is 6.07. The van der Waals surface area contributed by atoms with Crippen LogP contribution >= 0.6 is 11.6 Å². The van der Waals surface area contributed by atoms with Gasteiger partial charge in [0.15, 0.2) is 5.65 Å². The van der Waals surface area contributed by atoms with Gasteiger partial charge in [-0.3, -0.25) is 0 Å². The highest BCUT2D eigenvalue weighted by Crippen LogP contribution is 2.33. The van der Waals surface area contributed by atoms with Crippen molar-refractivity contribution in [2.24, 2.45) is 5.41 Å². The Balaban J connectivity index is 2.01. The second-order valence-electron chi connectivity index (χ2n) is 6.03. The summed E-state index contributed by atoms with van der Waals surface area (Å²) in [5.41, 5.74) is 3.25. The number of aryl methyl sites for hydroxylation is 1. The third-order valence-corrected chi connectivity index (χ3v) is 4.40. The Labute approximate surface area is 124 Å². The predicted octanol–water partition coefficient (Wildman–Crippen LogP) is 3.30. The normalized spacial score (nSPS) is 18.6. The number of pyridine rings is 1. The van der Waals surface area contributed by atoms with E-state index in [1.165, 1.54) is 0 Å². The Hall–Kier alpha value is -1.13. The quantitative estimate of drug-likeness (QED) is 0.815. The number of aromatic nitrogens is 3. The van der Waals surface area contributed by atoms with Gasteiger partial charge >= 0.3 is 0 Å². The van der Waals surface area contributed by atoms with Crippen LogP contribution in [0.3, 0.4) is 0 Å². The molecule has 0 amide bonds. The molecule has 0 spiro atoms. The highest BCUT2D eigenvalue weighted by Gasteiger charge is 2.29. The van der Waals surface area contributed by atoms with Gasteiger partial charge in [0, 0.05) is 26.0 Å². The van der Waals surface area contributed by atoms with Crippen LogP contribution in [0.5, 0.6) is 0 Å². The van der Waals surface area contributed by atoms with Crippen molar-refractivity contribution in [1.29, 1.82) is 0 Å². The van der Waals surface area contributed by atoms with Crippen LogP contribution < -0.4 is 0 Å². The number of ether oxygens (including phenoxy) is 1. The minimum absolute atomic E-state index is 0.235. The van der Waals surface area contributed by atoms with E-state index in [-0.39, 0.29) is 5.41 Å². The molecule has 0 bridgehead atoms. The molecule has 5 heteroatoms. The van der Waals surface area contributed by atoms with Crippen LogP contribution in [0.4, 0.5) is 0 Å². The fourth-order valence-electron chi connectivity index (χ4n) is 2.83. The van der Waals surface area contributed by atoms with Gasteiger partial charge in [0.05, 0.1) is 5.88 Å². The number of hydrogen-bond acceptors (Lipinski definition) is 3. The van der Waals surface area contributed by atoms with Gasteiger partial charge in [-0.2, -0.15) is 0 Å². The Morgan fingerprint density at radius 1 is 1.40 bits per heavy atom. The van der Waals surface area contributed by atoms with Crippen LogP contribution in [-0.4, -0.2) is 27.7 Å². The molecular formula is C15H20ClN3O. The number of halogens is 1. The summed E-state index contributed by atoms with van der Waals surface area (Å²) in [7, 11) is 0. The fourth-order valence-corrected chi connectivity index (χ4v) is 3.03. The maximum Gasteiger partial charge on any atom is 0.160 e. The lowest BCUT2D eigenvalue weighted by Gasteiger charge is -2.34. The molecule has 3 rings (SSSR count). The van der Waals surface area contributed by atoms with Gasteiger partial charge in [0.2, 0.25) is 0 Å². The number of alkyl halides is 1. The fraction of sp³-hybridized carbons (Fsp3) is 0.600. The summed E-state index contributed by atoms with van der Waals surface area (Å²) >= 11 is 6.07. The van der Waals surface area contributed by atoms with E-state index < -0.39 is 0 Å². The number of nitrogens with zero attached hydrogens (tertiary/aromatic N) is 3. The van der Waals surface area contributed by atoms with E-state index >= 15 is 0 Å². The van der Waals surface area contributed by atoms with Gasteiger partial charge in [0.25, 0.3) is 0 Å². The lowest BCUT2D eigenvalue weighted by atomic mass is 9.82. The zero-order valence-corrected chi connectivity index (χ0v) is 12.8. The molecule has 1 saturated heterocycles. The van der Waals surface area contributed by atoms with Crippen LogP contribution in [0.1, 0.15) is 31.2 Å². The highest BCUT2D eigenvalue weighted by atomic mass is 35.5. The van der Waals surface area contributed by atoms with Gasteiger partial charge in [-0.1, -0.05) is 6.92 Å². The number of imidazole rings is 1. The zero-order valence-electron chi connectivity index (χ0n) is 12.0. The molecule has 1 aliphatic rings. The van der Waals surface area contributed by atoms with Crippen molar-refractivity contribution in [1.82, 2.24) is 14.5 Å². The summed E-state index contributed by atoms with van der Waals surface area (Å²) in [5, 5.41) is 0.